The quantitative estimate of drug-likeness (QED) is 0.669. The minimum absolute atomic E-state index is 0. The van der Waals surface area contributed by atoms with Crippen LogP contribution in [0.2, 0.25) is 0 Å². The summed E-state index contributed by atoms with van der Waals surface area (Å²) in [6, 6.07) is 6.41. The van der Waals surface area contributed by atoms with Gasteiger partial charge in [-0.15, -0.1) is 24.8 Å². The smallest absolute Gasteiger partial charge is 0.237 e. The van der Waals surface area contributed by atoms with Crippen LogP contribution in [0.25, 0.3) is 0 Å². The molecular formula is C17H28Cl2N4O. The number of pyridine rings is 1. The number of carbonyl (C=O) groups is 1. The summed E-state index contributed by atoms with van der Waals surface area (Å²) in [6.45, 7) is 1.53. The number of anilines is 1. The molecule has 2 aliphatic rings. The Bertz CT molecular complexity index is 475. The zero-order valence-corrected chi connectivity index (χ0v) is 15.5. The fourth-order valence-electron chi connectivity index (χ4n) is 3.63. The van der Waals surface area contributed by atoms with E-state index in [1.165, 1.54) is 25.7 Å². The first kappa shape index (κ1) is 21.0. The topological polar surface area (TPSA) is 66.0 Å². The third-order valence-electron chi connectivity index (χ3n) is 4.80. The second kappa shape index (κ2) is 10.7. The minimum Gasteiger partial charge on any atom is -0.370 e. The molecule has 0 aromatic carbocycles. The van der Waals surface area contributed by atoms with Crippen molar-refractivity contribution in [2.24, 2.45) is 5.92 Å². The summed E-state index contributed by atoms with van der Waals surface area (Å²) in [6.07, 6.45) is 8.86. The first-order valence-corrected chi connectivity index (χ1v) is 8.51. The number of aromatic nitrogens is 1. The normalized spacial score (nSPS) is 24.9. The molecule has 1 amide bonds. The second-order valence-electron chi connectivity index (χ2n) is 6.39. The zero-order chi connectivity index (χ0) is 15.2. The third-order valence-corrected chi connectivity index (χ3v) is 4.80. The van der Waals surface area contributed by atoms with Gasteiger partial charge in [0.2, 0.25) is 5.91 Å². The van der Waals surface area contributed by atoms with Gasteiger partial charge in [0.15, 0.2) is 0 Å². The summed E-state index contributed by atoms with van der Waals surface area (Å²) in [5.41, 5.74) is 0. The average Bonchev–Trinajstić information content (AvgIpc) is 2.99. The van der Waals surface area contributed by atoms with E-state index in [-0.39, 0.29) is 36.8 Å². The fourth-order valence-corrected chi connectivity index (χ4v) is 3.63. The molecule has 0 radical (unpaired) electrons. The van der Waals surface area contributed by atoms with Crippen LogP contribution in [-0.2, 0) is 4.79 Å². The fraction of sp³-hybridized carbons (Fsp3) is 0.647. The molecule has 1 aromatic heterocycles. The van der Waals surface area contributed by atoms with E-state index in [0.717, 1.165) is 31.1 Å². The van der Waals surface area contributed by atoms with E-state index in [2.05, 4.69) is 20.9 Å². The van der Waals surface area contributed by atoms with Crippen LogP contribution in [0.1, 0.15) is 38.5 Å². The summed E-state index contributed by atoms with van der Waals surface area (Å²) in [5.74, 6) is 1.78. The maximum Gasteiger partial charge on any atom is 0.237 e. The number of amides is 1. The SMILES string of the molecule is Cl.Cl.O=C(NCCCNc1ccccn1)C1CC2CCCCC2N1. The number of rotatable bonds is 6. The van der Waals surface area contributed by atoms with E-state index in [4.69, 9.17) is 0 Å². The Morgan fingerprint density at radius 2 is 2.04 bits per heavy atom. The third kappa shape index (κ3) is 5.80. The molecule has 3 rings (SSSR count). The maximum atomic E-state index is 12.2. The van der Waals surface area contributed by atoms with Crippen molar-refractivity contribution in [1.82, 2.24) is 15.6 Å². The van der Waals surface area contributed by atoms with Crippen molar-refractivity contribution in [3.63, 3.8) is 0 Å². The highest BCUT2D eigenvalue weighted by Gasteiger charge is 2.37. The standard InChI is InChI=1S/C17H26N4O.2ClH/c22-17(15-12-13-6-1-2-7-14(13)21-15)20-11-5-10-19-16-8-3-4-9-18-16;;/h3-4,8-9,13-15,21H,1-2,5-7,10-12H2,(H,18,19)(H,20,22);2*1H. The largest absolute Gasteiger partial charge is 0.370 e. The van der Waals surface area contributed by atoms with E-state index >= 15 is 0 Å². The maximum absolute atomic E-state index is 12.2. The molecule has 2 heterocycles. The number of halogens is 2. The van der Waals surface area contributed by atoms with Gasteiger partial charge in [-0.05, 0) is 43.7 Å². The van der Waals surface area contributed by atoms with Crippen molar-refractivity contribution in [3.05, 3.63) is 24.4 Å². The molecule has 5 nitrogen and oxygen atoms in total. The van der Waals surface area contributed by atoms with Gasteiger partial charge in [0, 0.05) is 25.3 Å². The number of hydrogen-bond donors (Lipinski definition) is 3. The molecular weight excluding hydrogens is 347 g/mol. The Labute approximate surface area is 156 Å². The molecule has 1 saturated carbocycles. The van der Waals surface area contributed by atoms with Crippen molar-refractivity contribution < 1.29 is 4.79 Å². The monoisotopic (exact) mass is 374 g/mol. The summed E-state index contributed by atoms with van der Waals surface area (Å²) in [7, 11) is 0. The molecule has 3 N–H and O–H groups in total. The molecule has 136 valence electrons. The Morgan fingerprint density at radius 3 is 2.79 bits per heavy atom. The molecule has 3 unspecified atom stereocenters. The highest BCUT2D eigenvalue weighted by Crippen LogP contribution is 2.33. The lowest BCUT2D eigenvalue weighted by Gasteiger charge is -2.24. The highest BCUT2D eigenvalue weighted by atomic mass is 35.5. The summed E-state index contributed by atoms with van der Waals surface area (Å²) < 4.78 is 0. The van der Waals surface area contributed by atoms with Crippen LogP contribution in [0, 0.1) is 5.92 Å². The van der Waals surface area contributed by atoms with Gasteiger partial charge in [-0.3, -0.25) is 4.79 Å². The predicted octanol–water partition coefficient (Wildman–Crippen LogP) is 2.76. The van der Waals surface area contributed by atoms with Gasteiger partial charge >= 0.3 is 0 Å². The zero-order valence-electron chi connectivity index (χ0n) is 13.9. The molecule has 3 atom stereocenters. The molecule has 1 aliphatic heterocycles. The summed E-state index contributed by atoms with van der Waals surface area (Å²) in [4.78, 5) is 16.4. The molecule has 24 heavy (non-hydrogen) atoms. The Kier molecular flexibility index (Phi) is 9.41. The molecule has 2 fully saturated rings. The van der Waals surface area contributed by atoms with E-state index in [9.17, 15) is 4.79 Å². The van der Waals surface area contributed by atoms with Crippen LogP contribution in [0.15, 0.2) is 24.4 Å². The van der Waals surface area contributed by atoms with Crippen molar-refractivity contribution >= 4 is 36.5 Å². The molecule has 1 aliphatic carbocycles. The van der Waals surface area contributed by atoms with Crippen LogP contribution in [0.5, 0.6) is 0 Å². The minimum atomic E-state index is 0. The molecule has 0 spiro atoms. The Morgan fingerprint density at radius 1 is 1.21 bits per heavy atom. The van der Waals surface area contributed by atoms with Crippen LogP contribution in [0.3, 0.4) is 0 Å². The number of hydrogen-bond acceptors (Lipinski definition) is 4. The lowest BCUT2D eigenvalue weighted by atomic mass is 9.85. The average molecular weight is 375 g/mol. The van der Waals surface area contributed by atoms with Crippen molar-refractivity contribution in [2.45, 2.75) is 50.6 Å². The highest BCUT2D eigenvalue weighted by molar-refractivity contribution is 5.85. The summed E-state index contributed by atoms with van der Waals surface area (Å²) in [5, 5.41) is 9.83. The van der Waals surface area contributed by atoms with Gasteiger partial charge in [-0.1, -0.05) is 18.9 Å². The van der Waals surface area contributed by atoms with E-state index in [0.29, 0.717) is 12.6 Å². The lowest BCUT2D eigenvalue weighted by molar-refractivity contribution is -0.122. The van der Waals surface area contributed by atoms with Crippen LogP contribution >= 0.6 is 24.8 Å². The number of nitrogens with one attached hydrogen (secondary N) is 3. The van der Waals surface area contributed by atoms with Gasteiger partial charge in [-0.2, -0.15) is 0 Å². The summed E-state index contributed by atoms with van der Waals surface area (Å²) >= 11 is 0. The predicted molar refractivity (Wildman–Crippen MR) is 102 cm³/mol. The van der Waals surface area contributed by atoms with Crippen molar-refractivity contribution in [2.75, 3.05) is 18.4 Å². The van der Waals surface area contributed by atoms with Crippen LogP contribution in [0.4, 0.5) is 5.82 Å². The molecule has 1 saturated heterocycles. The van der Waals surface area contributed by atoms with Crippen molar-refractivity contribution in [3.8, 4) is 0 Å². The van der Waals surface area contributed by atoms with E-state index in [1.807, 2.05) is 18.2 Å². The van der Waals surface area contributed by atoms with Gasteiger partial charge in [-0.25, -0.2) is 4.98 Å². The first-order valence-electron chi connectivity index (χ1n) is 8.51. The van der Waals surface area contributed by atoms with Crippen molar-refractivity contribution in [1.29, 1.82) is 0 Å². The van der Waals surface area contributed by atoms with Gasteiger partial charge in [0.25, 0.3) is 0 Å². The number of fused-ring (bicyclic) bond motifs is 1. The molecule has 1 aromatic rings. The Balaban J connectivity index is 0.00000144. The number of carbonyl (C=O) groups excluding carboxylic acids is 1. The number of nitrogens with zero attached hydrogens (tertiary/aromatic N) is 1. The van der Waals surface area contributed by atoms with Gasteiger partial charge in [0.1, 0.15) is 5.82 Å². The Hall–Kier alpha value is -1.04. The van der Waals surface area contributed by atoms with Crippen LogP contribution in [-0.4, -0.2) is 36.1 Å². The second-order valence-corrected chi connectivity index (χ2v) is 6.39. The molecule has 0 bridgehead atoms. The van der Waals surface area contributed by atoms with Crippen LogP contribution < -0.4 is 16.0 Å². The van der Waals surface area contributed by atoms with E-state index < -0.39 is 0 Å². The molecule has 7 heteroatoms. The van der Waals surface area contributed by atoms with E-state index in [1.54, 1.807) is 6.20 Å². The van der Waals surface area contributed by atoms with Gasteiger partial charge in [0.05, 0.1) is 6.04 Å². The lowest BCUT2D eigenvalue weighted by Crippen LogP contribution is -2.43. The first-order chi connectivity index (χ1) is 10.8. The van der Waals surface area contributed by atoms with Gasteiger partial charge < -0.3 is 16.0 Å².